The molecule has 0 aliphatic carbocycles. The van der Waals surface area contributed by atoms with Gasteiger partial charge in [-0.25, -0.2) is 8.42 Å². The Morgan fingerprint density at radius 1 is 1.03 bits per heavy atom. The first-order chi connectivity index (χ1) is 14.4. The molecule has 0 saturated heterocycles. The molecule has 2 aromatic carbocycles. The molecule has 1 amide bonds. The van der Waals surface area contributed by atoms with Crippen molar-refractivity contribution in [2.24, 2.45) is 0 Å². The summed E-state index contributed by atoms with van der Waals surface area (Å²) in [6.07, 6.45) is 2.32. The second-order valence-corrected chi connectivity index (χ2v) is 8.46. The highest BCUT2D eigenvalue weighted by molar-refractivity contribution is 7.92. The lowest BCUT2D eigenvalue weighted by Gasteiger charge is -2.21. The van der Waals surface area contributed by atoms with Crippen LogP contribution in [-0.4, -0.2) is 40.0 Å². The minimum absolute atomic E-state index is 0.0842. The number of hydrogen-bond donors (Lipinski definition) is 1. The Bertz CT molecular complexity index is 1100. The molecule has 8 heteroatoms. The Labute approximate surface area is 176 Å². The molecule has 0 fully saturated rings. The maximum atomic E-state index is 13.0. The molecule has 3 rings (SSSR count). The third kappa shape index (κ3) is 4.77. The number of pyridine rings is 1. The molecular weight excluding hydrogens is 402 g/mol. The van der Waals surface area contributed by atoms with Gasteiger partial charge in [-0.05, 0) is 48.5 Å². The monoisotopic (exact) mass is 425 g/mol. The molecule has 1 N–H and O–H groups in total. The third-order valence-corrected chi connectivity index (χ3v) is 6.38. The number of aromatic nitrogens is 1. The highest BCUT2D eigenvalue weighted by Gasteiger charge is 2.23. The lowest BCUT2D eigenvalue weighted by molar-refractivity contribution is 0.0954. The van der Waals surface area contributed by atoms with Gasteiger partial charge in [0.2, 0.25) is 0 Å². The number of anilines is 1. The fourth-order valence-corrected chi connectivity index (χ4v) is 4.11. The van der Waals surface area contributed by atoms with Gasteiger partial charge in [-0.1, -0.05) is 18.2 Å². The second kappa shape index (κ2) is 9.41. The fourth-order valence-electron chi connectivity index (χ4n) is 2.91. The minimum Gasteiger partial charge on any atom is -0.495 e. The predicted octanol–water partition coefficient (Wildman–Crippen LogP) is 2.89. The SMILES string of the molecule is COc1ccccc1N(C)S(=O)(=O)c1ccc(C(=O)NCCc2ccccn2)cc1. The topological polar surface area (TPSA) is 88.6 Å². The van der Waals surface area contributed by atoms with Crippen LogP contribution in [0.15, 0.2) is 77.8 Å². The molecule has 30 heavy (non-hydrogen) atoms. The van der Waals surface area contributed by atoms with Crippen molar-refractivity contribution in [3.05, 3.63) is 84.2 Å². The molecule has 0 unspecified atom stereocenters. The summed E-state index contributed by atoms with van der Waals surface area (Å²) < 4.78 is 32.4. The number of ether oxygens (including phenoxy) is 1. The molecule has 0 aliphatic rings. The smallest absolute Gasteiger partial charge is 0.264 e. The quantitative estimate of drug-likeness (QED) is 0.600. The van der Waals surface area contributed by atoms with E-state index in [1.165, 1.54) is 38.4 Å². The maximum Gasteiger partial charge on any atom is 0.264 e. The summed E-state index contributed by atoms with van der Waals surface area (Å²) in [4.78, 5) is 16.6. The fraction of sp³-hybridized carbons (Fsp3) is 0.182. The Hall–Kier alpha value is -3.39. The number of carbonyl (C=O) groups is 1. The first-order valence-electron chi connectivity index (χ1n) is 9.33. The summed E-state index contributed by atoms with van der Waals surface area (Å²) in [7, 11) is -0.856. The Kier molecular flexibility index (Phi) is 6.68. The number of carbonyl (C=O) groups excluding carboxylic acids is 1. The van der Waals surface area contributed by atoms with Crippen molar-refractivity contribution < 1.29 is 17.9 Å². The molecule has 0 radical (unpaired) electrons. The zero-order valence-corrected chi connectivity index (χ0v) is 17.6. The summed E-state index contributed by atoms with van der Waals surface area (Å²) >= 11 is 0. The number of hydrogen-bond acceptors (Lipinski definition) is 5. The number of nitrogens with one attached hydrogen (secondary N) is 1. The van der Waals surface area contributed by atoms with Gasteiger partial charge in [0.1, 0.15) is 5.75 Å². The number of methoxy groups -OCH3 is 1. The van der Waals surface area contributed by atoms with Crippen LogP contribution < -0.4 is 14.4 Å². The van der Waals surface area contributed by atoms with E-state index in [9.17, 15) is 13.2 Å². The lowest BCUT2D eigenvalue weighted by Crippen LogP contribution is -2.28. The third-order valence-electron chi connectivity index (χ3n) is 4.59. The number of rotatable bonds is 8. The standard InChI is InChI=1S/C22H23N3O4S/c1-25(20-8-3-4-9-21(20)29-2)30(27,28)19-12-10-17(11-13-19)22(26)24-16-14-18-7-5-6-15-23-18/h3-13,15H,14,16H2,1-2H3,(H,24,26). The molecule has 0 saturated carbocycles. The van der Waals surface area contributed by atoms with Crippen molar-refractivity contribution in [1.29, 1.82) is 0 Å². The highest BCUT2D eigenvalue weighted by Crippen LogP contribution is 2.30. The van der Waals surface area contributed by atoms with E-state index in [2.05, 4.69) is 10.3 Å². The van der Waals surface area contributed by atoms with E-state index < -0.39 is 10.0 Å². The Balaban J connectivity index is 1.68. The van der Waals surface area contributed by atoms with Crippen molar-refractivity contribution in [2.45, 2.75) is 11.3 Å². The summed E-state index contributed by atoms with van der Waals surface area (Å²) in [5, 5.41) is 2.81. The van der Waals surface area contributed by atoms with Crippen LogP contribution in [0.2, 0.25) is 0 Å². The maximum absolute atomic E-state index is 13.0. The largest absolute Gasteiger partial charge is 0.495 e. The zero-order valence-electron chi connectivity index (χ0n) is 16.8. The van der Waals surface area contributed by atoms with Gasteiger partial charge >= 0.3 is 0 Å². The summed E-state index contributed by atoms with van der Waals surface area (Å²) in [5.41, 5.74) is 1.70. The first kappa shape index (κ1) is 21.3. The molecule has 156 valence electrons. The van der Waals surface area contributed by atoms with Gasteiger partial charge in [-0.15, -0.1) is 0 Å². The van der Waals surface area contributed by atoms with Crippen LogP contribution in [0.25, 0.3) is 0 Å². The van der Waals surface area contributed by atoms with Crippen LogP contribution in [0.1, 0.15) is 16.1 Å². The van der Waals surface area contributed by atoms with Gasteiger partial charge in [-0.2, -0.15) is 0 Å². The van der Waals surface area contributed by atoms with Crippen LogP contribution in [0.3, 0.4) is 0 Å². The molecule has 1 heterocycles. The van der Waals surface area contributed by atoms with E-state index >= 15 is 0 Å². The van der Waals surface area contributed by atoms with Crippen LogP contribution in [-0.2, 0) is 16.4 Å². The van der Waals surface area contributed by atoms with Crippen LogP contribution in [0.4, 0.5) is 5.69 Å². The van der Waals surface area contributed by atoms with Crippen molar-refractivity contribution in [2.75, 3.05) is 25.0 Å². The first-order valence-corrected chi connectivity index (χ1v) is 10.8. The van der Waals surface area contributed by atoms with E-state index in [4.69, 9.17) is 4.74 Å². The predicted molar refractivity (Wildman–Crippen MR) is 115 cm³/mol. The Morgan fingerprint density at radius 3 is 2.40 bits per heavy atom. The molecular formula is C22H23N3O4S. The summed E-state index contributed by atoms with van der Waals surface area (Å²) in [5.74, 6) is 0.181. The molecule has 1 aromatic heterocycles. The normalized spacial score (nSPS) is 11.0. The van der Waals surface area contributed by atoms with Gasteiger partial charge in [0.05, 0.1) is 17.7 Å². The molecule has 0 atom stereocenters. The zero-order chi connectivity index (χ0) is 21.6. The van der Waals surface area contributed by atoms with E-state index in [0.717, 1.165) is 10.00 Å². The van der Waals surface area contributed by atoms with E-state index in [1.807, 2.05) is 18.2 Å². The molecule has 0 aliphatic heterocycles. The molecule has 0 bridgehead atoms. The van der Waals surface area contributed by atoms with Gasteiger partial charge in [0.15, 0.2) is 0 Å². The van der Waals surface area contributed by atoms with Gasteiger partial charge < -0.3 is 10.1 Å². The molecule has 0 spiro atoms. The van der Waals surface area contributed by atoms with E-state index in [-0.39, 0.29) is 10.8 Å². The van der Waals surface area contributed by atoms with Crippen molar-refractivity contribution in [1.82, 2.24) is 10.3 Å². The van der Waals surface area contributed by atoms with E-state index in [0.29, 0.717) is 30.0 Å². The Morgan fingerprint density at radius 2 is 1.73 bits per heavy atom. The number of benzene rings is 2. The second-order valence-electron chi connectivity index (χ2n) is 6.50. The van der Waals surface area contributed by atoms with Crippen LogP contribution in [0, 0.1) is 0 Å². The number of sulfonamides is 1. The van der Waals surface area contributed by atoms with Crippen molar-refractivity contribution >= 4 is 21.6 Å². The van der Waals surface area contributed by atoms with E-state index in [1.54, 1.807) is 30.5 Å². The number of nitrogens with zero attached hydrogens (tertiary/aromatic N) is 2. The number of para-hydroxylation sites is 2. The van der Waals surface area contributed by atoms with Crippen LogP contribution >= 0.6 is 0 Å². The van der Waals surface area contributed by atoms with Crippen molar-refractivity contribution in [3.8, 4) is 5.75 Å². The van der Waals surface area contributed by atoms with Crippen LogP contribution in [0.5, 0.6) is 5.75 Å². The summed E-state index contributed by atoms with van der Waals surface area (Å²) in [6.45, 7) is 0.437. The van der Waals surface area contributed by atoms with Gasteiger partial charge in [-0.3, -0.25) is 14.1 Å². The average molecular weight is 426 g/mol. The number of amides is 1. The molecule has 3 aromatic rings. The average Bonchev–Trinajstić information content (AvgIpc) is 2.79. The van der Waals surface area contributed by atoms with Gasteiger partial charge in [0, 0.05) is 37.5 Å². The minimum atomic E-state index is -3.81. The summed E-state index contributed by atoms with van der Waals surface area (Å²) in [6, 6.07) is 18.3. The highest BCUT2D eigenvalue weighted by atomic mass is 32.2. The van der Waals surface area contributed by atoms with Gasteiger partial charge in [0.25, 0.3) is 15.9 Å². The molecule has 7 nitrogen and oxygen atoms in total. The lowest BCUT2D eigenvalue weighted by atomic mass is 10.2. The van der Waals surface area contributed by atoms with Crippen molar-refractivity contribution in [3.63, 3.8) is 0 Å².